The Bertz CT molecular complexity index is 1280. The highest BCUT2D eigenvalue weighted by atomic mass is 16.5. The number of fused-ring (bicyclic) bond motifs is 2. The Balaban J connectivity index is 1.69. The van der Waals surface area contributed by atoms with E-state index in [2.05, 4.69) is 4.98 Å². The van der Waals surface area contributed by atoms with Crippen molar-refractivity contribution in [3.8, 4) is 17.2 Å². The van der Waals surface area contributed by atoms with Gasteiger partial charge in [0.25, 0.3) is 5.56 Å². The maximum absolute atomic E-state index is 13.5. The van der Waals surface area contributed by atoms with Gasteiger partial charge < -0.3 is 24.1 Å². The number of carbonyl (C=O) groups is 1. The van der Waals surface area contributed by atoms with E-state index < -0.39 is 6.04 Å². The summed E-state index contributed by atoms with van der Waals surface area (Å²) in [6.07, 6.45) is 3.60. The highest BCUT2D eigenvalue weighted by molar-refractivity contribution is 5.83. The van der Waals surface area contributed by atoms with Crippen molar-refractivity contribution in [1.29, 1.82) is 0 Å². The van der Waals surface area contributed by atoms with E-state index in [1.165, 1.54) is 0 Å². The maximum Gasteiger partial charge on any atom is 0.254 e. The van der Waals surface area contributed by atoms with Crippen LogP contribution < -0.4 is 19.8 Å². The summed E-state index contributed by atoms with van der Waals surface area (Å²) in [5.74, 6) is 2.07. The zero-order valence-corrected chi connectivity index (χ0v) is 19.1. The number of methoxy groups -OCH3 is 3. The number of rotatable bonds is 5. The summed E-state index contributed by atoms with van der Waals surface area (Å²) in [5.41, 5.74) is 3.00. The van der Waals surface area contributed by atoms with Gasteiger partial charge in [0.05, 0.1) is 32.9 Å². The minimum absolute atomic E-state index is 0.0398. The second-order valence-corrected chi connectivity index (χ2v) is 8.72. The van der Waals surface area contributed by atoms with E-state index >= 15 is 0 Å². The molecule has 1 saturated carbocycles. The molecule has 0 radical (unpaired) electrons. The molecular formula is C26H28N2O5. The summed E-state index contributed by atoms with van der Waals surface area (Å²) in [5, 5.41) is 0.883. The first-order valence-corrected chi connectivity index (χ1v) is 11.3. The number of aromatic amines is 1. The summed E-state index contributed by atoms with van der Waals surface area (Å²) >= 11 is 0. The number of hydrogen-bond acceptors (Lipinski definition) is 5. The molecule has 2 heterocycles. The molecule has 1 N–H and O–H groups in total. The number of nitrogens with one attached hydrogen (secondary N) is 1. The van der Waals surface area contributed by atoms with Crippen LogP contribution in [-0.4, -0.2) is 43.7 Å². The average molecular weight is 449 g/mol. The lowest BCUT2D eigenvalue weighted by Gasteiger charge is -2.41. The van der Waals surface area contributed by atoms with Crippen LogP contribution in [0.1, 0.15) is 42.0 Å². The molecule has 0 saturated heterocycles. The van der Waals surface area contributed by atoms with Crippen molar-refractivity contribution in [3.63, 3.8) is 0 Å². The number of aromatic nitrogens is 1. The van der Waals surface area contributed by atoms with Gasteiger partial charge >= 0.3 is 0 Å². The van der Waals surface area contributed by atoms with Crippen molar-refractivity contribution in [2.24, 2.45) is 5.92 Å². The molecule has 1 aromatic heterocycles. The molecule has 1 atom stereocenters. The van der Waals surface area contributed by atoms with Crippen LogP contribution in [0, 0.1) is 5.92 Å². The maximum atomic E-state index is 13.5. The highest BCUT2D eigenvalue weighted by Gasteiger charge is 2.39. The first kappa shape index (κ1) is 21.4. The van der Waals surface area contributed by atoms with Gasteiger partial charge in [-0.1, -0.05) is 6.42 Å². The molecule has 0 bridgehead atoms. The minimum atomic E-state index is -0.489. The van der Waals surface area contributed by atoms with Gasteiger partial charge in [-0.05, 0) is 66.1 Å². The Morgan fingerprint density at radius 1 is 0.970 bits per heavy atom. The smallest absolute Gasteiger partial charge is 0.254 e. The predicted molar refractivity (Wildman–Crippen MR) is 125 cm³/mol. The number of H-pyrrole nitrogens is 1. The van der Waals surface area contributed by atoms with Crippen LogP contribution in [0.5, 0.6) is 17.2 Å². The molecule has 7 heteroatoms. The van der Waals surface area contributed by atoms with Crippen LogP contribution in [0.25, 0.3) is 10.9 Å². The molecule has 7 nitrogen and oxygen atoms in total. The van der Waals surface area contributed by atoms with Gasteiger partial charge in [-0.15, -0.1) is 0 Å². The number of pyridine rings is 1. The summed E-state index contributed by atoms with van der Waals surface area (Å²) in [6, 6.07) is 10.9. The highest BCUT2D eigenvalue weighted by Crippen LogP contribution is 2.42. The monoisotopic (exact) mass is 448 g/mol. The molecule has 5 rings (SSSR count). The molecule has 1 aliphatic carbocycles. The lowest BCUT2D eigenvalue weighted by Crippen LogP contribution is -2.46. The molecule has 33 heavy (non-hydrogen) atoms. The fourth-order valence-corrected chi connectivity index (χ4v) is 4.94. The first-order valence-electron chi connectivity index (χ1n) is 11.3. The van der Waals surface area contributed by atoms with Crippen molar-refractivity contribution < 1.29 is 19.0 Å². The largest absolute Gasteiger partial charge is 0.497 e. The third-order valence-corrected chi connectivity index (χ3v) is 6.99. The molecular weight excluding hydrogens is 420 g/mol. The van der Waals surface area contributed by atoms with Gasteiger partial charge in [0.2, 0.25) is 5.91 Å². The quantitative estimate of drug-likeness (QED) is 0.642. The van der Waals surface area contributed by atoms with E-state index in [4.69, 9.17) is 14.2 Å². The fraction of sp³-hybridized carbons (Fsp3) is 0.385. The summed E-state index contributed by atoms with van der Waals surface area (Å²) in [6.45, 7) is 0.558. The van der Waals surface area contributed by atoms with Crippen molar-refractivity contribution in [2.45, 2.75) is 31.7 Å². The van der Waals surface area contributed by atoms with E-state index in [9.17, 15) is 9.59 Å². The average Bonchev–Trinajstić information content (AvgIpc) is 2.80. The molecule has 1 fully saturated rings. The van der Waals surface area contributed by atoms with Crippen LogP contribution in [0.4, 0.5) is 0 Å². The number of carbonyl (C=O) groups excluding carboxylic acids is 1. The van der Waals surface area contributed by atoms with Crippen molar-refractivity contribution in [3.05, 3.63) is 63.4 Å². The predicted octanol–water partition coefficient (Wildman–Crippen LogP) is 3.83. The molecule has 2 aliphatic rings. The van der Waals surface area contributed by atoms with E-state index in [0.717, 1.165) is 35.8 Å². The molecule has 172 valence electrons. The van der Waals surface area contributed by atoms with E-state index in [-0.39, 0.29) is 17.4 Å². The second kappa shape index (κ2) is 8.46. The zero-order valence-electron chi connectivity index (χ0n) is 19.1. The van der Waals surface area contributed by atoms with E-state index in [0.29, 0.717) is 41.3 Å². The lowest BCUT2D eigenvalue weighted by atomic mass is 9.81. The molecule has 1 aliphatic heterocycles. The van der Waals surface area contributed by atoms with Gasteiger partial charge in [-0.25, -0.2) is 0 Å². The molecule has 3 aromatic rings. The SMILES string of the molecule is COc1ccc2cc([C@H]3c4cc(OC)c(OC)cc4CCN3C(=O)C3CCC3)c(=O)[nH]c2c1. The Hall–Kier alpha value is -3.48. The van der Waals surface area contributed by atoms with Crippen molar-refractivity contribution in [2.75, 3.05) is 27.9 Å². The van der Waals surface area contributed by atoms with Crippen LogP contribution in [0.3, 0.4) is 0 Å². The lowest BCUT2D eigenvalue weighted by molar-refractivity contribution is -0.140. The van der Waals surface area contributed by atoms with Crippen LogP contribution in [0.15, 0.2) is 41.2 Å². The second-order valence-electron chi connectivity index (χ2n) is 8.72. The standard InChI is InChI=1S/C26H28N2O5/c1-31-18-8-7-17-11-20(25(29)27-21(17)13-18)24-19-14-23(33-3)22(32-2)12-16(19)9-10-28(24)26(30)15-5-4-6-15/h7-8,11-15,24H,4-6,9-10H2,1-3H3,(H,27,29)/t24-/m1/s1. The van der Waals surface area contributed by atoms with Gasteiger partial charge in [0.15, 0.2) is 11.5 Å². The van der Waals surface area contributed by atoms with Crippen molar-refractivity contribution >= 4 is 16.8 Å². The van der Waals surface area contributed by atoms with Crippen LogP contribution in [-0.2, 0) is 11.2 Å². The number of amides is 1. The van der Waals surface area contributed by atoms with Gasteiger partial charge in [-0.3, -0.25) is 9.59 Å². The van der Waals surface area contributed by atoms with Crippen LogP contribution >= 0.6 is 0 Å². The summed E-state index contributed by atoms with van der Waals surface area (Å²) in [7, 11) is 4.80. The third kappa shape index (κ3) is 3.61. The third-order valence-electron chi connectivity index (χ3n) is 6.99. The normalized spacial score (nSPS) is 17.9. The fourth-order valence-electron chi connectivity index (χ4n) is 4.94. The minimum Gasteiger partial charge on any atom is -0.497 e. The topological polar surface area (TPSA) is 80.9 Å². The Morgan fingerprint density at radius 3 is 2.39 bits per heavy atom. The Labute approximate surface area is 192 Å². The number of nitrogens with zero attached hydrogens (tertiary/aromatic N) is 1. The number of hydrogen-bond donors (Lipinski definition) is 1. The first-order chi connectivity index (χ1) is 16.0. The van der Waals surface area contributed by atoms with Crippen molar-refractivity contribution in [1.82, 2.24) is 9.88 Å². The van der Waals surface area contributed by atoms with Gasteiger partial charge in [0, 0.05) is 24.1 Å². The Kier molecular flexibility index (Phi) is 5.48. The Morgan fingerprint density at radius 2 is 1.73 bits per heavy atom. The van der Waals surface area contributed by atoms with Gasteiger partial charge in [0.1, 0.15) is 5.75 Å². The molecule has 1 amide bonds. The summed E-state index contributed by atoms with van der Waals surface area (Å²) < 4.78 is 16.4. The van der Waals surface area contributed by atoms with Crippen LogP contribution in [0.2, 0.25) is 0 Å². The molecule has 0 unspecified atom stereocenters. The number of ether oxygens (including phenoxy) is 3. The number of benzene rings is 2. The summed E-state index contributed by atoms with van der Waals surface area (Å²) in [4.78, 5) is 31.7. The molecule has 2 aromatic carbocycles. The zero-order chi connectivity index (χ0) is 23.1. The van der Waals surface area contributed by atoms with E-state index in [1.807, 2.05) is 35.2 Å². The van der Waals surface area contributed by atoms with Gasteiger partial charge in [-0.2, -0.15) is 0 Å². The van der Waals surface area contributed by atoms with E-state index in [1.54, 1.807) is 27.4 Å². The molecule has 0 spiro atoms.